The van der Waals surface area contributed by atoms with Crippen LogP contribution in [0.4, 0.5) is 22.7 Å². The van der Waals surface area contributed by atoms with Gasteiger partial charge in [-0.3, -0.25) is 5.01 Å². The van der Waals surface area contributed by atoms with Gasteiger partial charge >= 0.3 is 5.97 Å². The van der Waals surface area contributed by atoms with Crippen molar-refractivity contribution in [3.05, 3.63) is 90.6 Å². The summed E-state index contributed by atoms with van der Waals surface area (Å²) >= 11 is 0. The maximum Gasteiger partial charge on any atom is 0.365 e. The topological polar surface area (TPSA) is 61.1 Å². The predicted octanol–water partition coefficient (Wildman–Crippen LogP) is 5.27. The number of anilines is 4. The number of pyridine rings is 1. The maximum absolute atomic E-state index is 12.7. The summed E-state index contributed by atoms with van der Waals surface area (Å²) in [4.78, 5) is 15.0. The molecule has 0 aliphatic rings. The van der Waals surface area contributed by atoms with E-state index in [1.807, 2.05) is 79.3 Å². The number of fused-ring (bicyclic) bond motifs is 1. The van der Waals surface area contributed by atoms with Gasteiger partial charge in [0.25, 0.3) is 0 Å². The molecule has 0 atom stereocenters. The van der Waals surface area contributed by atoms with Gasteiger partial charge in [0.15, 0.2) is 0 Å². The number of carbonyl (C=O) groups is 1. The molecule has 4 rings (SSSR count). The van der Waals surface area contributed by atoms with Gasteiger partial charge in [-0.05, 0) is 74.5 Å². The summed E-state index contributed by atoms with van der Waals surface area (Å²) in [6, 6.07) is 28.2. The first-order valence-electron chi connectivity index (χ1n) is 12.5. The van der Waals surface area contributed by atoms with E-state index < -0.39 is 5.97 Å². The van der Waals surface area contributed by atoms with Crippen LogP contribution in [0.3, 0.4) is 0 Å². The van der Waals surface area contributed by atoms with Crippen LogP contribution in [0, 0.1) is 0 Å². The van der Waals surface area contributed by atoms with Crippen molar-refractivity contribution in [3.8, 4) is 0 Å². The first-order chi connectivity index (χ1) is 17.9. The van der Waals surface area contributed by atoms with Crippen LogP contribution in [-0.2, 0) is 16.6 Å². The second-order valence-electron chi connectivity index (χ2n) is 8.69. The molecule has 0 saturated heterocycles. The Morgan fingerprint density at radius 3 is 2.05 bits per heavy atom. The lowest BCUT2D eigenvalue weighted by Crippen LogP contribution is -2.40. The average molecular weight is 497 g/mol. The molecule has 1 aromatic heterocycles. The molecule has 1 N–H and O–H groups in total. The van der Waals surface area contributed by atoms with E-state index in [4.69, 9.17) is 4.74 Å². The lowest BCUT2D eigenvalue weighted by atomic mass is 10.1. The van der Waals surface area contributed by atoms with Crippen molar-refractivity contribution >= 4 is 45.3 Å². The van der Waals surface area contributed by atoms with E-state index in [0.29, 0.717) is 5.69 Å². The van der Waals surface area contributed by atoms with Gasteiger partial charge in [-0.2, -0.15) is 9.67 Å². The summed E-state index contributed by atoms with van der Waals surface area (Å²) in [6.45, 7) is 6.29. The average Bonchev–Trinajstić information content (AvgIpc) is 2.94. The molecule has 0 aliphatic heterocycles. The third kappa shape index (κ3) is 5.72. The number of para-hydroxylation sites is 1. The van der Waals surface area contributed by atoms with E-state index in [0.717, 1.165) is 41.1 Å². The maximum atomic E-state index is 12.7. The van der Waals surface area contributed by atoms with Crippen LogP contribution >= 0.6 is 0 Å². The van der Waals surface area contributed by atoms with Crippen LogP contribution in [-0.4, -0.2) is 38.9 Å². The van der Waals surface area contributed by atoms with Crippen LogP contribution in [0.1, 0.15) is 19.5 Å². The molecule has 0 spiro atoms. The molecule has 190 valence electrons. The number of hydrazone groups is 1. The second-order valence-corrected chi connectivity index (χ2v) is 8.69. The number of ether oxygens (including phenoxy) is 1. The fraction of sp³-hybridized carbons (Fsp3) is 0.233. The summed E-state index contributed by atoms with van der Waals surface area (Å²) in [7, 11) is 5.11. The lowest BCUT2D eigenvalue weighted by molar-refractivity contribution is -0.646. The molecule has 4 aromatic rings. The van der Waals surface area contributed by atoms with Gasteiger partial charge in [0.1, 0.15) is 7.05 Å². The molecule has 37 heavy (non-hydrogen) atoms. The molecule has 0 bridgehead atoms. The Hall–Kier alpha value is -4.39. The highest BCUT2D eigenvalue weighted by Crippen LogP contribution is 2.23. The van der Waals surface area contributed by atoms with Crippen LogP contribution in [0.15, 0.2) is 90.0 Å². The zero-order valence-corrected chi connectivity index (χ0v) is 22.1. The summed E-state index contributed by atoms with van der Waals surface area (Å²) in [5, 5.41) is 10.8. The Morgan fingerprint density at radius 2 is 1.46 bits per heavy atom. The fourth-order valence-electron chi connectivity index (χ4n) is 4.35. The third-order valence-corrected chi connectivity index (χ3v) is 6.48. The molecule has 0 aliphatic carbocycles. The SMILES string of the molecule is CCN(CC)c1ccc(Nc2ccc(N(C)N=C(C(=O)OC)c3ccc4ccccc4[n+]3C)cc2)cc1. The quantitative estimate of drug-likeness (QED) is 0.148. The van der Waals surface area contributed by atoms with Gasteiger partial charge in [-0.1, -0.05) is 12.1 Å². The Labute approximate surface area is 218 Å². The Balaban J connectivity index is 1.55. The number of hydrogen-bond acceptors (Lipinski definition) is 6. The molecule has 7 nitrogen and oxygen atoms in total. The predicted molar refractivity (Wildman–Crippen MR) is 152 cm³/mol. The summed E-state index contributed by atoms with van der Waals surface area (Å²) in [5.41, 5.74) is 5.94. The standard InChI is InChI=1S/C30H34N5O2/c1-6-35(7-2)26-19-15-24(16-20-26)31-23-13-17-25(18-14-23)34(4)32-29(30(36)37-5)28-21-12-22-10-8-9-11-27(22)33(28)3/h8-21,31H,6-7H2,1-5H3/q+1. The van der Waals surface area contributed by atoms with Gasteiger partial charge < -0.3 is 15.0 Å². The van der Waals surface area contributed by atoms with E-state index in [1.54, 1.807) is 5.01 Å². The smallest absolute Gasteiger partial charge is 0.365 e. The molecule has 1 heterocycles. The van der Waals surface area contributed by atoms with E-state index in [1.165, 1.54) is 12.8 Å². The number of methoxy groups -OCH3 is 1. The van der Waals surface area contributed by atoms with Gasteiger partial charge in [0, 0.05) is 54.7 Å². The minimum absolute atomic E-state index is 0.230. The highest BCUT2D eigenvalue weighted by molar-refractivity contribution is 6.42. The van der Waals surface area contributed by atoms with E-state index in [2.05, 4.69) is 53.4 Å². The number of esters is 1. The first-order valence-corrected chi connectivity index (χ1v) is 12.5. The monoisotopic (exact) mass is 496 g/mol. The van der Waals surface area contributed by atoms with E-state index in [-0.39, 0.29) is 5.71 Å². The van der Waals surface area contributed by atoms with E-state index >= 15 is 0 Å². The Kier molecular flexibility index (Phi) is 8.03. The van der Waals surface area contributed by atoms with Gasteiger partial charge in [0.05, 0.1) is 12.8 Å². The van der Waals surface area contributed by atoms with Crippen LogP contribution in [0.5, 0.6) is 0 Å². The molecule has 0 fully saturated rings. The molecule has 7 heteroatoms. The Bertz CT molecular complexity index is 1390. The minimum Gasteiger partial charge on any atom is -0.464 e. The number of aromatic nitrogens is 1. The number of rotatable bonds is 9. The normalized spacial score (nSPS) is 11.3. The zero-order valence-electron chi connectivity index (χ0n) is 22.1. The summed E-state index contributed by atoms with van der Waals surface area (Å²) in [6.07, 6.45) is 0. The number of carbonyl (C=O) groups excluding carboxylic acids is 1. The molecule has 0 radical (unpaired) electrons. The first kappa shape index (κ1) is 25.7. The molecular weight excluding hydrogens is 462 g/mol. The third-order valence-electron chi connectivity index (χ3n) is 6.48. The van der Waals surface area contributed by atoms with Crippen molar-refractivity contribution in [2.45, 2.75) is 13.8 Å². The van der Waals surface area contributed by atoms with Crippen molar-refractivity contribution in [1.29, 1.82) is 0 Å². The summed E-state index contributed by atoms with van der Waals surface area (Å²) < 4.78 is 7.03. The second kappa shape index (κ2) is 11.6. The van der Waals surface area contributed by atoms with Crippen molar-refractivity contribution in [3.63, 3.8) is 0 Å². The van der Waals surface area contributed by atoms with Crippen molar-refractivity contribution < 1.29 is 14.1 Å². The van der Waals surface area contributed by atoms with Gasteiger partial charge in [-0.15, -0.1) is 0 Å². The number of aryl methyl sites for hydroxylation is 1. The zero-order chi connectivity index (χ0) is 26.4. The van der Waals surface area contributed by atoms with Gasteiger partial charge in [0.2, 0.25) is 16.9 Å². The molecule has 0 saturated carbocycles. The molecule has 0 unspecified atom stereocenters. The van der Waals surface area contributed by atoms with Crippen LogP contribution in [0.2, 0.25) is 0 Å². The van der Waals surface area contributed by atoms with Crippen molar-refractivity contribution in [2.24, 2.45) is 12.1 Å². The number of benzene rings is 3. The van der Waals surface area contributed by atoms with E-state index in [9.17, 15) is 4.79 Å². The van der Waals surface area contributed by atoms with Gasteiger partial charge in [-0.25, -0.2) is 4.79 Å². The minimum atomic E-state index is -0.496. The molecule has 3 aromatic carbocycles. The van der Waals surface area contributed by atoms with Crippen molar-refractivity contribution in [1.82, 2.24) is 0 Å². The Morgan fingerprint density at radius 1 is 0.865 bits per heavy atom. The molecular formula is C30H34N5O2+. The number of nitrogens with one attached hydrogen (secondary N) is 1. The largest absolute Gasteiger partial charge is 0.464 e. The number of nitrogens with zero attached hydrogens (tertiary/aromatic N) is 4. The highest BCUT2D eigenvalue weighted by atomic mass is 16.5. The number of hydrogen-bond donors (Lipinski definition) is 1. The van der Waals surface area contributed by atoms with Crippen LogP contribution < -0.4 is 19.8 Å². The fourth-order valence-corrected chi connectivity index (χ4v) is 4.35. The van der Waals surface area contributed by atoms with Crippen LogP contribution in [0.25, 0.3) is 10.9 Å². The highest BCUT2D eigenvalue weighted by Gasteiger charge is 2.26. The molecule has 0 amide bonds. The lowest BCUT2D eigenvalue weighted by Gasteiger charge is -2.21. The van der Waals surface area contributed by atoms with Crippen molar-refractivity contribution in [2.75, 3.05) is 42.5 Å². The summed E-state index contributed by atoms with van der Waals surface area (Å²) in [5.74, 6) is -0.496.